The Bertz CT molecular complexity index is 546. The molecule has 25 heavy (non-hydrogen) atoms. The van der Waals surface area contributed by atoms with Gasteiger partial charge in [0.25, 0.3) is 0 Å². The monoisotopic (exact) mass is 346 g/mol. The first-order chi connectivity index (χ1) is 12.2. The summed E-state index contributed by atoms with van der Waals surface area (Å²) in [4.78, 5) is 5.15. The van der Waals surface area contributed by atoms with Gasteiger partial charge in [0.05, 0.1) is 32.1 Å². The number of allylic oxidation sites excluding steroid dienone is 5. The summed E-state index contributed by atoms with van der Waals surface area (Å²) in [7, 11) is 0. The van der Waals surface area contributed by atoms with Gasteiger partial charge in [0.15, 0.2) is 0 Å². The van der Waals surface area contributed by atoms with E-state index in [1.54, 1.807) is 11.3 Å². The van der Waals surface area contributed by atoms with Crippen LogP contribution in [0.3, 0.4) is 0 Å². The highest BCUT2D eigenvalue weighted by molar-refractivity contribution is 5.40. The Kier molecular flexibility index (Phi) is 6.60. The SMILES string of the molecule is CC(C)=CCCC1=C(C)C(N2CCOCC2)=C(N2CCOCC2)CC1. The maximum absolute atomic E-state index is 5.60. The van der Waals surface area contributed by atoms with Crippen LogP contribution in [0.4, 0.5) is 0 Å². The number of nitrogens with zero attached hydrogens (tertiary/aromatic N) is 2. The Hall–Kier alpha value is -1.26. The van der Waals surface area contributed by atoms with Gasteiger partial charge in [-0.1, -0.05) is 17.2 Å². The molecule has 0 unspecified atom stereocenters. The lowest BCUT2D eigenvalue weighted by Gasteiger charge is -2.41. The van der Waals surface area contributed by atoms with Crippen LogP contribution in [0.5, 0.6) is 0 Å². The molecule has 0 aromatic heterocycles. The molecule has 0 atom stereocenters. The fourth-order valence-electron chi connectivity index (χ4n) is 4.15. The smallest absolute Gasteiger partial charge is 0.0642 e. The second-order valence-corrected chi connectivity index (χ2v) is 7.54. The quantitative estimate of drug-likeness (QED) is 0.709. The number of hydrogen-bond acceptors (Lipinski definition) is 4. The Balaban J connectivity index is 1.86. The largest absolute Gasteiger partial charge is 0.378 e. The Morgan fingerprint density at radius 2 is 1.52 bits per heavy atom. The number of ether oxygens (including phenoxy) is 2. The topological polar surface area (TPSA) is 24.9 Å². The molecule has 3 aliphatic rings. The third-order valence-corrected chi connectivity index (χ3v) is 5.54. The molecule has 2 fully saturated rings. The van der Waals surface area contributed by atoms with Crippen LogP contribution in [-0.2, 0) is 9.47 Å². The van der Waals surface area contributed by atoms with Gasteiger partial charge in [-0.2, -0.15) is 0 Å². The number of hydrogen-bond donors (Lipinski definition) is 0. The molecule has 4 nitrogen and oxygen atoms in total. The number of rotatable bonds is 5. The maximum Gasteiger partial charge on any atom is 0.0642 e. The van der Waals surface area contributed by atoms with Crippen molar-refractivity contribution in [2.45, 2.75) is 46.5 Å². The van der Waals surface area contributed by atoms with Gasteiger partial charge in [-0.05, 0) is 52.0 Å². The Labute approximate surface area is 153 Å². The van der Waals surface area contributed by atoms with Crippen LogP contribution < -0.4 is 0 Å². The molecule has 0 aromatic rings. The van der Waals surface area contributed by atoms with Gasteiger partial charge in [-0.15, -0.1) is 0 Å². The molecule has 0 saturated carbocycles. The zero-order valence-electron chi connectivity index (χ0n) is 16.3. The molecular weight excluding hydrogens is 312 g/mol. The van der Waals surface area contributed by atoms with Crippen molar-refractivity contribution >= 4 is 0 Å². The minimum atomic E-state index is 0.847. The van der Waals surface area contributed by atoms with Crippen LogP contribution in [0.2, 0.25) is 0 Å². The van der Waals surface area contributed by atoms with Crippen LogP contribution in [0.1, 0.15) is 46.5 Å². The van der Waals surface area contributed by atoms with Crippen molar-refractivity contribution in [2.24, 2.45) is 0 Å². The van der Waals surface area contributed by atoms with Crippen molar-refractivity contribution in [1.29, 1.82) is 0 Å². The average molecular weight is 347 g/mol. The fraction of sp³-hybridized carbons (Fsp3) is 0.714. The molecule has 1 aliphatic carbocycles. The molecule has 0 amide bonds. The lowest BCUT2D eigenvalue weighted by molar-refractivity contribution is 0.0407. The molecule has 4 heteroatoms. The van der Waals surface area contributed by atoms with E-state index >= 15 is 0 Å². The highest BCUT2D eigenvalue weighted by atomic mass is 16.5. The van der Waals surface area contributed by atoms with Crippen LogP contribution in [-0.4, -0.2) is 62.4 Å². The van der Waals surface area contributed by atoms with E-state index in [2.05, 4.69) is 36.6 Å². The Morgan fingerprint density at radius 1 is 0.920 bits per heavy atom. The summed E-state index contributed by atoms with van der Waals surface area (Å²) < 4.78 is 11.2. The standard InChI is InChI=1S/C21H34N2O2/c1-17(2)5-4-6-19-7-8-20(22-9-13-24-14-10-22)21(18(19)3)23-11-15-25-16-12-23/h5H,4,6-16H2,1-3H3. The second kappa shape index (κ2) is 8.91. The molecule has 2 saturated heterocycles. The van der Waals surface area contributed by atoms with Gasteiger partial charge in [0.1, 0.15) is 0 Å². The van der Waals surface area contributed by atoms with E-state index in [9.17, 15) is 0 Å². The molecule has 140 valence electrons. The van der Waals surface area contributed by atoms with Crippen molar-refractivity contribution in [3.63, 3.8) is 0 Å². The van der Waals surface area contributed by atoms with Gasteiger partial charge >= 0.3 is 0 Å². The first kappa shape index (κ1) is 18.5. The zero-order valence-corrected chi connectivity index (χ0v) is 16.3. The minimum absolute atomic E-state index is 0.847. The van der Waals surface area contributed by atoms with E-state index < -0.39 is 0 Å². The van der Waals surface area contributed by atoms with Crippen LogP contribution in [0.15, 0.2) is 34.2 Å². The highest BCUT2D eigenvalue weighted by Crippen LogP contribution is 2.36. The van der Waals surface area contributed by atoms with E-state index in [0.29, 0.717) is 0 Å². The third-order valence-electron chi connectivity index (χ3n) is 5.54. The summed E-state index contributed by atoms with van der Waals surface area (Å²) in [6, 6.07) is 0. The molecule has 2 heterocycles. The summed E-state index contributed by atoms with van der Waals surface area (Å²) in [5.74, 6) is 0. The first-order valence-electron chi connectivity index (χ1n) is 9.87. The maximum atomic E-state index is 5.60. The van der Waals surface area contributed by atoms with Crippen molar-refractivity contribution in [1.82, 2.24) is 9.80 Å². The van der Waals surface area contributed by atoms with E-state index in [4.69, 9.17) is 9.47 Å². The summed E-state index contributed by atoms with van der Waals surface area (Å²) in [5, 5.41) is 0. The molecule has 0 spiro atoms. The highest BCUT2D eigenvalue weighted by Gasteiger charge is 2.28. The van der Waals surface area contributed by atoms with Crippen molar-refractivity contribution in [3.05, 3.63) is 34.2 Å². The minimum Gasteiger partial charge on any atom is -0.378 e. The molecule has 0 bridgehead atoms. The first-order valence-corrected chi connectivity index (χ1v) is 9.87. The van der Waals surface area contributed by atoms with E-state index in [0.717, 1.165) is 59.0 Å². The lowest BCUT2D eigenvalue weighted by Crippen LogP contribution is -2.42. The van der Waals surface area contributed by atoms with Gasteiger partial charge in [-0.3, -0.25) is 0 Å². The normalized spacial score (nSPS) is 22.5. The summed E-state index contributed by atoms with van der Waals surface area (Å²) in [6.07, 6.45) is 7.12. The summed E-state index contributed by atoms with van der Waals surface area (Å²) >= 11 is 0. The molecule has 0 aromatic carbocycles. The van der Waals surface area contributed by atoms with Gasteiger partial charge in [0, 0.05) is 31.9 Å². The van der Waals surface area contributed by atoms with Gasteiger partial charge in [0.2, 0.25) is 0 Å². The molecular formula is C21H34N2O2. The number of morpholine rings is 2. The molecule has 2 aliphatic heterocycles. The van der Waals surface area contributed by atoms with E-state index in [1.807, 2.05) is 0 Å². The predicted molar refractivity (Wildman–Crippen MR) is 102 cm³/mol. The van der Waals surface area contributed by atoms with Crippen LogP contribution >= 0.6 is 0 Å². The van der Waals surface area contributed by atoms with Gasteiger partial charge < -0.3 is 19.3 Å². The van der Waals surface area contributed by atoms with Crippen molar-refractivity contribution in [2.75, 3.05) is 52.6 Å². The fourth-order valence-corrected chi connectivity index (χ4v) is 4.15. The van der Waals surface area contributed by atoms with Crippen molar-refractivity contribution in [3.8, 4) is 0 Å². The predicted octanol–water partition coefficient (Wildman–Crippen LogP) is 3.72. The summed E-state index contributed by atoms with van der Waals surface area (Å²) in [5.41, 5.74) is 7.65. The Morgan fingerprint density at radius 3 is 2.12 bits per heavy atom. The van der Waals surface area contributed by atoms with Crippen molar-refractivity contribution < 1.29 is 9.47 Å². The van der Waals surface area contributed by atoms with E-state index in [1.165, 1.54) is 36.1 Å². The zero-order chi connectivity index (χ0) is 17.6. The van der Waals surface area contributed by atoms with E-state index in [-0.39, 0.29) is 0 Å². The van der Waals surface area contributed by atoms with Gasteiger partial charge in [-0.25, -0.2) is 0 Å². The lowest BCUT2D eigenvalue weighted by atomic mass is 9.88. The summed E-state index contributed by atoms with van der Waals surface area (Å²) in [6.45, 7) is 14.2. The third kappa shape index (κ3) is 4.68. The van der Waals surface area contributed by atoms with Crippen LogP contribution in [0.25, 0.3) is 0 Å². The second-order valence-electron chi connectivity index (χ2n) is 7.54. The molecule has 0 radical (unpaired) electrons. The molecule has 3 rings (SSSR count). The molecule has 0 N–H and O–H groups in total. The van der Waals surface area contributed by atoms with Crippen LogP contribution in [0, 0.1) is 0 Å². The average Bonchev–Trinajstić information content (AvgIpc) is 2.64.